The van der Waals surface area contributed by atoms with E-state index in [0.29, 0.717) is 5.37 Å². The van der Waals surface area contributed by atoms with Crippen LogP contribution in [0.2, 0.25) is 0 Å². The van der Waals surface area contributed by atoms with Gasteiger partial charge >= 0.3 is 0 Å². The second-order valence-corrected chi connectivity index (χ2v) is 8.19. The van der Waals surface area contributed by atoms with Crippen LogP contribution < -0.4 is 5.32 Å². The van der Waals surface area contributed by atoms with Gasteiger partial charge in [-0.25, -0.2) is 0 Å². The van der Waals surface area contributed by atoms with Gasteiger partial charge in [0.2, 0.25) is 0 Å². The number of hydrogen-bond donors (Lipinski definition) is 1. The maximum absolute atomic E-state index is 3.60. The Kier molecular flexibility index (Phi) is 3.67. The zero-order valence-corrected chi connectivity index (χ0v) is 12.2. The first-order valence-corrected chi connectivity index (χ1v) is 7.72. The summed E-state index contributed by atoms with van der Waals surface area (Å²) in [4.78, 5) is 2.98. The highest BCUT2D eigenvalue weighted by Gasteiger charge is 2.23. The quantitative estimate of drug-likeness (QED) is 0.808. The monoisotopic (exact) mass is 255 g/mol. The molecule has 2 heterocycles. The molecule has 2 rings (SSSR count). The zero-order valence-electron chi connectivity index (χ0n) is 10.5. The van der Waals surface area contributed by atoms with E-state index in [9.17, 15) is 0 Å². The van der Waals surface area contributed by atoms with E-state index in [1.54, 1.807) is 0 Å². The maximum Gasteiger partial charge on any atom is 0.0885 e. The summed E-state index contributed by atoms with van der Waals surface area (Å²) in [5.41, 5.74) is 0.286. The Balaban J connectivity index is 2.12. The first-order valence-electron chi connectivity index (χ1n) is 5.96. The summed E-state index contributed by atoms with van der Waals surface area (Å²) in [6, 6.07) is 4.59. The molecule has 1 aromatic heterocycles. The van der Waals surface area contributed by atoms with E-state index in [4.69, 9.17) is 0 Å². The fourth-order valence-corrected chi connectivity index (χ4v) is 4.31. The molecule has 0 amide bonds. The first-order chi connectivity index (χ1) is 7.47. The van der Waals surface area contributed by atoms with Crippen LogP contribution >= 0.6 is 23.1 Å². The van der Waals surface area contributed by atoms with E-state index in [2.05, 4.69) is 56.9 Å². The van der Waals surface area contributed by atoms with Gasteiger partial charge in [-0.2, -0.15) is 0 Å². The summed E-state index contributed by atoms with van der Waals surface area (Å²) in [6.45, 7) is 10.3. The Labute approximate surface area is 107 Å². The van der Waals surface area contributed by atoms with Crippen LogP contribution in [0, 0.1) is 0 Å². The molecular formula is C13H21NS2. The summed E-state index contributed by atoms with van der Waals surface area (Å²) >= 11 is 4.03. The second kappa shape index (κ2) is 4.71. The lowest BCUT2D eigenvalue weighted by atomic mass is 9.95. The third-order valence-electron chi connectivity index (χ3n) is 2.87. The van der Waals surface area contributed by atoms with Gasteiger partial charge in [0.05, 0.1) is 5.37 Å². The maximum atomic E-state index is 3.60. The molecule has 1 N–H and O–H groups in total. The summed E-state index contributed by atoms with van der Waals surface area (Å²) in [5.74, 6) is 0. The zero-order chi connectivity index (χ0) is 11.8. The Morgan fingerprint density at radius 3 is 2.62 bits per heavy atom. The lowest BCUT2D eigenvalue weighted by Crippen LogP contribution is -2.28. The van der Waals surface area contributed by atoms with Crippen molar-refractivity contribution >= 4 is 23.1 Å². The van der Waals surface area contributed by atoms with Gasteiger partial charge in [0.25, 0.3) is 0 Å². The lowest BCUT2D eigenvalue weighted by molar-refractivity contribution is 0.604. The molecule has 3 heteroatoms. The van der Waals surface area contributed by atoms with Crippen LogP contribution in [-0.4, -0.2) is 11.8 Å². The van der Waals surface area contributed by atoms with Crippen LogP contribution in [0.3, 0.4) is 0 Å². The molecule has 90 valence electrons. The van der Waals surface area contributed by atoms with E-state index >= 15 is 0 Å². The van der Waals surface area contributed by atoms with Crippen molar-refractivity contribution in [1.29, 1.82) is 0 Å². The minimum atomic E-state index is 0.286. The highest BCUT2D eigenvalue weighted by atomic mass is 32.2. The average Bonchev–Trinajstić information content (AvgIpc) is 2.65. The normalized spacial score (nSPS) is 27.0. The molecule has 1 aromatic rings. The van der Waals surface area contributed by atoms with Gasteiger partial charge in [0.1, 0.15) is 0 Å². The largest absolute Gasteiger partial charge is 0.301 e. The molecule has 0 aromatic carbocycles. The van der Waals surface area contributed by atoms with Crippen LogP contribution in [0.4, 0.5) is 0 Å². The van der Waals surface area contributed by atoms with Crippen molar-refractivity contribution in [2.45, 2.75) is 50.2 Å². The van der Waals surface area contributed by atoms with Gasteiger partial charge in [-0.15, -0.1) is 23.1 Å². The smallest absolute Gasteiger partial charge is 0.0885 e. The van der Waals surface area contributed by atoms with Crippen LogP contribution in [0.25, 0.3) is 0 Å². The molecule has 16 heavy (non-hydrogen) atoms. The van der Waals surface area contributed by atoms with Crippen molar-refractivity contribution in [3.63, 3.8) is 0 Å². The fourth-order valence-electron chi connectivity index (χ4n) is 1.83. The Morgan fingerprint density at radius 2 is 2.06 bits per heavy atom. The van der Waals surface area contributed by atoms with Crippen molar-refractivity contribution in [3.8, 4) is 0 Å². The van der Waals surface area contributed by atoms with E-state index in [-0.39, 0.29) is 5.41 Å². The third kappa shape index (κ3) is 2.82. The van der Waals surface area contributed by atoms with E-state index in [1.807, 2.05) is 11.3 Å². The summed E-state index contributed by atoms with van der Waals surface area (Å²) in [6.07, 6.45) is 1.29. The van der Waals surface area contributed by atoms with E-state index in [0.717, 1.165) is 11.8 Å². The summed E-state index contributed by atoms with van der Waals surface area (Å²) in [5, 5.41) is 4.91. The molecule has 1 saturated heterocycles. The predicted molar refractivity (Wildman–Crippen MR) is 75.4 cm³/mol. The Bertz CT molecular complexity index is 351. The molecule has 0 bridgehead atoms. The van der Waals surface area contributed by atoms with Gasteiger partial charge in [-0.05, 0) is 30.5 Å². The molecular weight excluding hydrogens is 234 g/mol. The van der Waals surface area contributed by atoms with Crippen molar-refractivity contribution < 1.29 is 0 Å². The minimum absolute atomic E-state index is 0.286. The number of thiophene rings is 1. The van der Waals surface area contributed by atoms with Crippen LogP contribution in [-0.2, 0) is 5.41 Å². The van der Waals surface area contributed by atoms with Crippen molar-refractivity contribution in [3.05, 3.63) is 21.9 Å². The molecule has 1 aliphatic heterocycles. The number of rotatable bonds is 1. The molecule has 1 nitrogen and oxygen atoms in total. The van der Waals surface area contributed by atoms with Crippen molar-refractivity contribution in [2.24, 2.45) is 0 Å². The molecule has 0 saturated carbocycles. The summed E-state index contributed by atoms with van der Waals surface area (Å²) < 4.78 is 0. The standard InChI is InChI=1S/C13H21NS2/c1-9-7-8-14-12(15-9)10-5-6-11(16-10)13(2,3)4/h5-6,9,12,14H,7-8H2,1-4H3. The topological polar surface area (TPSA) is 12.0 Å². The highest BCUT2D eigenvalue weighted by molar-refractivity contribution is 8.00. The first kappa shape index (κ1) is 12.5. The molecule has 1 fully saturated rings. The van der Waals surface area contributed by atoms with E-state index in [1.165, 1.54) is 16.2 Å². The van der Waals surface area contributed by atoms with Crippen molar-refractivity contribution in [2.75, 3.05) is 6.54 Å². The SMILES string of the molecule is CC1CCNC(c2ccc(C(C)(C)C)s2)S1. The van der Waals surface area contributed by atoms with Crippen LogP contribution in [0.15, 0.2) is 12.1 Å². The number of hydrogen-bond acceptors (Lipinski definition) is 3. The van der Waals surface area contributed by atoms with Crippen molar-refractivity contribution in [1.82, 2.24) is 5.32 Å². The van der Waals surface area contributed by atoms with Gasteiger partial charge < -0.3 is 5.32 Å². The van der Waals surface area contributed by atoms with Gasteiger partial charge in [-0.3, -0.25) is 0 Å². The Morgan fingerprint density at radius 1 is 1.31 bits per heavy atom. The lowest BCUT2D eigenvalue weighted by Gasteiger charge is -2.27. The second-order valence-electron chi connectivity index (χ2n) is 5.52. The predicted octanol–water partition coefficient (Wildman–Crippen LogP) is 4.16. The molecule has 2 unspecified atom stereocenters. The molecule has 0 spiro atoms. The Hall–Kier alpha value is 0.01000. The molecule has 2 atom stereocenters. The number of thioether (sulfide) groups is 1. The van der Waals surface area contributed by atoms with Gasteiger partial charge in [-0.1, -0.05) is 27.7 Å². The summed E-state index contributed by atoms with van der Waals surface area (Å²) in [7, 11) is 0. The minimum Gasteiger partial charge on any atom is -0.301 e. The fraction of sp³-hybridized carbons (Fsp3) is 0.692. The van der Waals surface area contributed by atoms with E-state index < -0.39 is 0 Å². The van der Waals surface area contributed by atoms with Crippen LogP contribution in [0.5, 0.6) is 0 Å². The molecule has 0 radical (unpaired) electrons. The van der Waals surface area contributed by atoms with Gasteiger partial charge in [0.15, 0.2) is 0 Å². The molecule has 0 aliphatic carbocycles. The van der Waals surface area contributed by atoms with Crippen LogP contribution in [0.1, 0.15) is 49.2 Å². The number of nitrogens with one attached hydrogen (secondary N) is 1. The molecule has 1 aliphatic rings. The third-order valence-corrected chi connectivity index (χ3v) is 5.99. The highest BCUT2D eigenvalue weighted by Crippen LogP contribution is 2.39. The average molecular weight is 255 g/mol. The van der Waals surface area contributed by atoms with Gasteiger partial charge in [0, 0.05) is 15.0 Å².